The molecule has 0 bridgehead atoms. The molecule has 0 amide bonds. The maximum absolute atomic E-state index is 13.0. The minimum Gasteiger partial charge on any atom is -0.493 e. The zero-order chi connectivity index (χ0) is 13.8. The number of benzene rings is 1. The van der Waals surface area contributed by atoms with E-state index in [0.29, 0.717) is 5.56 Å². The van der Waals surface area contributed by atoms with Gasteiger partial charge in [-0.2, -0.15) is 13.2 Å². The highest BCUT2D eigenvalue weighted by molar-refractivity contribution is 5.35. The van der Waals surface area contributed by atoms with E-state index in [0.717, 1.165) is 12.1 Å². The lowest BCUT2D eigenvalue weighted by atomic mass is 10.1. The zero-order valence-corrected chi connectivity index (χ0v) is 9.80. The van der Waals surface area contributed by atoms with Gasteiger partial charge in [-0.25, -0.2) is 4.39 Å². The summed E-state index contributed by atoms with van der Waals surface area (Å²) < 4.78 is 53.7. The number of ether oxygens (including phenoxy) is 1. The van der Waals surface area contributed by atoms with Gasteiger partial charge in [-0.05, 0) is 25.5 Å². The molecule has 1 rings (SSSR count). The van der Waals surface area contributed by atoms with Crippen molar-refractivity contribution in [3.05, 3.63) is 29.6 Å². The quantitative estimate of drug-likeness (QED) is 0.651. The smallest absolute Gasteiger partial charge is 0.389 e. The Bertz CT molecular complexity index is 388. The van der Waals surface area contributed by atoms with Crippen LogP contribution in [-0.4, -0.2) is 17.9 Å². The van der Waals surface area contributed by atoms with Crippen LogP contribution in [0.2, 0.25) is 0 Å². The number of aliphatic hydroxyl groups excluding tert-OH is 1. The fourth-order valence-electron chi connectivity index (χ4n) is 1.43. The normalized spacial score (nSPS) is 13.4. The van der Waals surface area contributed by atoms with Crippen LogP contribution in [0.25, 0.3) is 0 Å². The Kier molecular flexibility index (Phi) is 4.95. The fraction of sp³-hybridized carbons (Fsp3) is 0.500. The molecular formula is C12H14F4O2. The molecule has 0 aliphatic rings. The van der Waals surface area contributed by atoms with Crippen molar-refractivity contribution in [2.24, 2.45) is 0 Å². The second-order valence-corrected chi connectivity index (χ2v) is 3.93. The minimum absolute atomic E-state index is 0.0761. The largest absolute Gasteiger partial charge is 0.493 e. The van der Waals surface area contributed by atoms with E-state index >= 15 is 0 Å². The maximum atomic E-state index is 13.0. The van der Waals surface area contributed by atoms with Crippen molar-refractivity contribution < 1.29 is 27.4 Å². The third-order valence-electron chi connectivity index (χ3n) is 2.29. The first-order valence-corrected chi connectivity index (χ1v) is 5.46. The molecule has 18 heavy (non-hydrogen) atoms. The van der Waals surface area contributed by atoms with Crippen molar-refractivity contribution in [2.45, 2.75) is 32.0 Å². The van der Waals surface area contributed by atoms with E-state index < -0.39 is 24.5 Å². The Morgan fingerprint density at radius 1 is 1.33 bits per heavy atom. The molecule has 0 radical (unpaired) electrons. The van der Waals surface area contributed by atoms with Crippen LogP contribution in [0.1, 0.15) is 31.4 Å². The van der Waals surface area contributed by atoms with Crippen LogP contribution in [0.15, 0.2) is 18.2 Å². The summed E-state index contributed by atoms with van der Waals surface area (Å²) in [6.45, 7) is 1.29. The number of halogens is 4. The van der Waals surface area contributed by atoms with E-state index in [4.69, 9.17) is 4.74 Å². The number of hydrogen-bond donors (Lipinski definition) is 1. The molecule has 0 saturated heterocycles. The molecule has 0 aromatic heterocycles. The van der Waals surface area contributed by atoms with Crippen LogP contribution < -0.4 is 4.74 Å². The first-order valence-electron chi connectivity index (χ1n) is 5.46. The average molecular weight is 266 g/mol. The van der Waals surface area contributed by atoms with Gasteiger partial charge in [0.05, 0.1) is 12.7 Å². The summed E-state index contributed by atoms with van der Waals surface area (Å²) in [5.74, 6) is -0.489. The number of aliphatic hydroxyl groups is 1. The van der Waals surface area contributed by atoms with Gasteiger partial charge in [-0.3, -0.25) is 0 Å². The lowest BCUT2D eigenvalue weighted by molar-refractivity contribution is -0.136. The van der Waals surface area contributed by atoms with E-state index in [9.17, 15) is 22.7 Å². The summed E-state index contributed by atoms with van der Waals surface area (Å²) in [6.07, 6.45) is -6.26. The third-order valence-corrected chi connectivity index (χ3v) is 2.29. The summed E-state index contributed by atoms with van der Waals surface area (Å²) in [5.41, 5.74) is 0.350. The molecule has 1 N–H and O–H groups in total. The molecule has 0 saturated carbocycles. The van der Waals surface area contributed by atoms with E-state index in [1.54, 1.807) is 0 Å². The first-order chi connectivity index (χ1) is 8.29. The molecule has 0 unspecified atom stereocenters. The van der Waals surface area contributed by atoms with Crippen molar-refractivity contribution in [1.82, 2.24) is 0 Å². The van der Waals surface area contributed by atoms with Gasteiger partial charge in [0.2, 0.25) is 0 Å². The fourth-order valence-corrected chi connectivity index (χ4v) is 1.43. The highest BCUT2D eigenvalue weighted by Gasteiger charge is 2.26. The predicted octanol–water partition coefficient (Wildman–Crippen LogP) is 3.60. The van der Waals surface area contributed by atoms with Gasteiger partial charge in [0, 0.05) is 18.1 Å². The summed E-state index contributed by atoms with van der Waals surface area (Å²) in [7, 11) is 0. The van der Waals surface area contributed by atoms with Crippen molar-refractivity contribution in [2.75, 3.05) is 6.61 Å². The van der Waals surface area contributed by atoms with E-state index in [-0.39, 0.29) is 18.8 Å². The van der Waals surface area contributed by atoms with Crippen LogP contribution in [0.3, 0.4) is 0 Å². The Morgan fingerprint density at radius 2 is 2.00 bits per heavy atom. The summed E-state index contributed by atoms with van der Waals surface area (Å²) in [4.78, 5) is 0. The van der Waals surface area contributed by atoms with Crippen molar-refractivity contribution >= 4 is 0 Å². The summed E-state index contributed by atoms with van der Waals surface area (Å²) in [5, 5.41) is 9.40. The van der Waals surface area contributed by atoms with E-state index in [1.165, 1.54) is 13.0 Å². The standard InChI is InChI=1S/C12H14F4O2/c1-8(17)10-4-3-9(13)7-11(10)18-6-2-5-12(14,15)16/h3-4,7-8,17H,2,5-6H2,1H3/t8-/m0/s1. The van der Waals surface area contributed by atoms with Gasteiger partial charge in [-0.15, -0.1) is 0 Å². The van der Waals surface area contributed by atoms with Crippen LogP contribution in [0, 0.1) is 5.82 Å². The highest BCUT2D eigenvalue weighted by Crippen LogP contribution is 2.27. The van der Waals surface area contributed by atoms with E-state index in [1.807, 2.05) is 0 Å². The lowest BCUT2D eigenvalue weighted by Gasteiger charge is -2.14. The molecule has 1 aromatic carbocycles. The van der Waals surface area contributed by atoms with Crippen molar-refractivity contribution in [1.29, 1.82) is 0 Å². The van der Waals surface area contributed by atoms with Gasteiger partial charge in [-0.1, -0.05) is 0 Å². The Balaban J connectivity index is 2.58. The Hall–Kier alpha value is -1.30. The highest BCUT2D eigenvalue weighted by atomic mass is 19.4. The van der Waals surface area contributed by atoms with Gasteiger partial charge >= 0.3 is 6.18 Å². The topological polar surface area (TPSA) is 29.5 Å². The molecule has 1 atom stereocenters. The molecule has 0 aliphatic carbocycles. The van der Waals surface area contributed by atoms with Gasteiger partial charge in [0.15, 0.2) is 0 Å². The average Bonchev–Trinajstić information content (AvgIpc) is 2.22. The van der Waals surface area contributed by atoms with Crippen molar-refractivity contribution in [3.63, 3.8) is 0 Å². The Morgan fingerprint density at radius 3 is 2.56 bits per heavy atom. The second-order valence-electron chi connectivity index (χ2n) is 3.93. The van der Waals surface area contributed by atoms with Crippen LogP contribution >= 0.6 is 0 Å². The molecular weight excluding hydrogens is 252 g/mol. The SMILES string of the molecule is C[C@H](O)c1ccc(F)cc1OCCCC(F)(F)F. The summed E-state index contributed by atoms with van der Waals surface area (Å²) in [6, 6.07) is 3.55. The van der Waals surface area contributed by atoms with Crippen LogP contribution in [0.4, 0.5) is 17.6 Å². The van der Waals surface area contributed by atoms with Gasteiger partial charge in [0.1, 0.15) is 11.6 Å². The minimum atomic E-state index is -4.22. The molecule has 1 aromatic rings. The number of hydrogen-bond acceptors (Lipinski definition) is 2. The molecule has 0 spiro atoms. The molecule has 6 heteroatoms. The Labute approximate surface area is 102 Å². The van der Waals surface area contributed by atoms with Crippen LogP contribution in [-0.2, 0) is 0 Å². The lowest BCUT2D eigenvalue weighted by Crippen LogP contribution is -2.10. The maximum Gasteiger partial charge on any atom is 0.389 e. The van der Waals surface area contributed by atoms with Gasteiger partial charge in [0.25, 0.3) is 0 Å². The van der Waals surface area contributed by atoms with Gasteiger partial charge < -0.3 is 9.84 Å². The van der Waals surface area contributed by atoms with Crippen molar-refractivity contribution in [3.8, 4) is 5.75 Å². The molecule has 102 valence electrons. The van der Waals surface area contributed by atoms with E-state index in [2.05, 4.69) is 0 Å². The number of rotatable bonds is 5. The second kappa shape index (κ2) is 6.04. The third kappa shape index (κ3) is 4.91. The molecule has 0 fully saturated rings. The molecule has 0 heterocycles. The van der Waals surface area contributed by atoms with Crippen LogP contribution in [0.5, 0.6) is 5.75 Å². The summed E-state index contributed by atoms with van der Waals surface area (Å²) >= 11 is 0. The first kappa shape index (κ1) is 14.8. The molecule has 0 aliphatic heterocycles. The predicted molar refractivity (Wildman–Crippen MR) is 57.8 cm³/mol. The molecule has 2 nitrogen and oxygen atoms in total. The number of alkyl halides is 3. The zero-order valence-electron chi connectivity index (χ0n) is 9.80. The monoisotopic (exact) mass is 266 g/mol.